The van der Waals surface area contributed by atoms with Gasteiger partial charge in [-0.05, 0) is 30.0 Å². The number of benzene rings is 1. The second-order valence-electron chi connectivity index (χ2n) is 6.40. The van der Waals surface area contributed by atoms with Crippen molar-refractivity contribution in [2.75, 3.05) is 13.7 Å². The van der Waals surface area contributed by atoms with Crippen LogP contribution in [0.25, 0.3) is 0 Å². The van der Waals surface area contributed by atoms with Gasteiger partial charge in [-0.25, -0.2) is 0 Å². The molecule has 2 unspecified atom stereocenters. The van der Waals surface area contributed by atoms with Gasteiger partial charge >= 0.3 is 0 Å². The monoisotopic (exact) mass is 276 g/mol. The average Bonchev–Trinajstić information content (AvgIpc) is 2.78. The molecular formula is C16H24N2O2. The first-order valence-corrected chi connectivity index (χ1v) is 7.03. The third-order valence-electron chi connectivity index (χ3n) is 4.09. The van der Waals surface area contributed by atoms with E-state index in [9.17, 15) is 4.79 Å². The van der Waals surface area contributed by atoms with Gasteiger partial charge in [0.1, 0.15) is 11.9 Å². The molecule has 0 saturated carbocycles. The molecule has 2 rings (SSSR count). The molecule has 1 amide bonds. The summed E-state index contributed by atoms with van der Waals surface area (Å²) in [4.78, 5) is 14.2. The zero-order valence-corrected chi connectivity index (χ0v) is 12.9. The lowest BCUT2D eigenvalue weighted by molar-refractivity contribution is -0.132. The van der Waals surface area contributed by atoms with Crippen LogP contribution in [0.15, 0.2) is 24.3 Å². The maximum Gasteiger partial charge on any atom is 0.238 e. The van der Waals surface area contributed by atoms with E-state index in [2.05, 4.69) is 33.0 Å². The zero-order valence-electron chi connectivity index (χ0n) is 12.9. The Kier molecular flexibility index (Phi) is 4.04. The number of nitrogens with zero attached hydrogens (tertiary/aromatic N) is 1. The second kappa shape index (κ2) is 5.44. The SMILES string of the molecule is COc1cccc(C2NCC(=O)N2C(C)C(C)(C)C)c1. The van der Waals surface area contributed by atoms with Gasteiger partial charge in [-0.2, -0.15) is 0 Å². The molecule has 1 fully saturated rings. The van der Waals surface area contributed by atoms with Crippen molar-refractivity contribution in [3.63, 3.8) is 0 Å². The first-order valence-electron chi connectivity index (χ1n) is 7.03. The molecule has 0 radical (unpaired) electrons. The van der Waals surface area contributed by atoms with Crippen molar-refractivity contribution in [3.05, 3.63) is 29.8 Å². The van der Waals surface area contributed by atoms with E-state index >= 15 is 0 Å². The summed E-state index contributed by atoms with van der Waals surface area (Å²) in [5.74, 6) is 0.965. The summed E-state index contributed by atoms with van der Waals surface area (Å²) in [5.41, 5.74) is 1.10. The van der Waals surface area contributed by atoms with Crippen LogP contribution in [0.1, 0.15) is 39.4 Å². The van der Waals surface area contributed by atoms with E-state index in [1.807, 2.05) is 29.2 Å². The lowest BCUT2D eigenvalue weighted by Gasteiger charge is -2.38. The van der Waals surface area contributed by atoms with Crippen molar-refractivity contribution in [2.45, 2.75) is 39.9 Å². The van der Waals surface area contributed by atoms with Crippen LogP contribution in [0.2, 0.25) is 0 Å². The Balaban J connectivity index is 2.32. The van der Waals surface area contributed by atoms with Crippen molar-refractivity contribution >= 4 is 5.91 Å². The maximum atomic E-state index is 12.2. The lowest BCUT2D eigenvalue weighted by Crippen LogP contribution is -2.45. The van der Waals surface area contributed by atoms with Gasteiger partial charge in [0.2, 0.25) is 5.91 Å². The Bertz CT molecular complexity index is 493. The van der Waals surface area contributed by atoms with Gasteiger partial charge in [-0.15, -0.1) is 0 Å². The minimum Gasteiger partial charge on any atom is -0.497 e. The largest absolute Gasteiger partial charge is 0.497 e. The zero-order chi connectivity index (χ0) is 14.9. The van der Waals surface area contributed by atoms with E-state index in [-0.39, 0.29) is 23.5 Å². The minimum atomic E-state index is -0.0770. The van der Waals surface area contributed by atoms with E-state index in [0.29, 0.717) is 6.54 Å². The number of amides is 1. The fourth-order valence-corrected chi connectivity index (χ4v) is 2.46. The molecule has 2 atom stereocenters. The van der Waals surface area contributed by atoms with E-state index in [1.54, 1.807) is 7.11 Å². The quantitative estimate of drug-likeness (QED) is 0.922. The predicted octanol–water partition coefficient (Wildman–Crippen LogP) is 2.56. The van der Waals surface area contributed by atoms with E-state index in [0.717, 1.165) is 11.3 Å². The van der Waals surface area contributed by atoms with Gasteiger partial charge in [-0.1, -0.05) is 32.9 Å². The molecule has 4 heteroatoms. The minimum absolute atomic E-state index is 0.0405. The van der Waals surface area contributed by atoms with Gasteiger partial charge in [-0.3, -0.25) is 10.1 Å². The number of methoxy groups -OCH3 is 1. The number of rotatable bonds is 3. The van der Waals surface area contributed by atoms with Crippen LogP contribution in [-0.4, -0.2) is 30.5 Å². The van der Waals surface area contributed by atoms with E-state index in [4.69, 9.17) is 4.74 Å². The highest BCUT2D eigenvalue weighted by atomic mass is 16.5. The summed E-state index contributed by atoms with van der Waals surface area (Å²) in [6.07, 6.45) is -0.0770. The molecule has 1 N–H and O–H groups in total. The Morgan fingerprint density at radius 1 is 1.40 bits per heavy atom. The van der Waals surface area contributed by atoms with Crippen molar-refractivity contribution in [1.29, 1.82) is 0 Å². The number of carbonyl (C=O) groups is 1. The summed E-state index contributed by atoms with van der Waals surface area (Å²) in [5, 5.41) is 3.30. The molecule has 1 heterocycles. The molecule has 0 aliphatic carbocycles. The molecule has 1 aromatic carbocycles. The highest BCUT2D eigenvalue weighted by Gasteiger charge is 2.39. The molecular weight excluding hydrogens is 252 g/mol. The molecule has 20 heavy (non-hydrogen) atoms. The number of hydrogen-bond donors (Lipinski definition) is 1. The maximum absolute atomic E-state index is 12.2. The molecule has 110 valence electrons. The summed E-state index contributed by atoms with van der Waals surface area (Å²) in [7, 11) is 1.65. The highest BCUT2D eigenvalue weighted by molar-refractivity contribution is 5.81. The smallest absolute Gasteiger partial charge is 0.238 e. The molecule has 0 aromatic heterocycles. The van der Waals surface area contributed by atoms with Gasteiger partial charge in [0.25, 0.3) is 0 Å². The van der Waals surface area contributed by atoms with E-state index in [1.165, 1.54) is 0 Å². The molecule has 1 aliphatic heterocycles. The number of carbonyl (C=O) groups excluding carboxylic acids is 1. The fraction of sp³-hybridized carbons (Fsp3) is 0.562. The number of ether oxygens (including phenoxy) is 1. The second-order valence-corrected chi connectivity index (χ2v) is 6.40. The Hall–Kier alpha value is -1.55. The van der Waals surface area contributed by atoms with E-state index < -0.39 is 0 Å². The summed E-state index contributed by atoms with van der Waals surface area (Å²) in [6.45, 7) is 8.98. The predicted molar refractivity (Wildman–Crippen MR) is 79.5 cm³/mol. The average molecular weight is 276 g/mol. The normalized spacial score (nSPS) is 21.1. The van der Waals surface area contributed by atoms with Gasteiger partial charge < -0.3 is 9.64 Å². The van der Waals surface area contributed by atoms with Crippen LogP contribution >= 0.6 is 0 Å². The van der Waals surface area contributed by atoms with Crippen LogP contribution < -0.4 is 10.1 Å². The third-order valence-corrected chi connectivity index (χ3v) is 4.09. The first-order chi connectivity index (χ1) is 9.34. The molecule has 1 aromatic rings. The van der Waals surface area contributed by atoms with Crippen LogP contribution in [0, 0.1) is 5.41 Å². The van der Waals surface area contributed by atoms with Crippen molar-refractivity contribution in [3.8, 4) is 5.75 Å². The van der Waals surface area contributed by atoms with Crippen LogP contribution in [0.3, 0.4) is 0 Å². The van der Waals surface area contributed by atoms with Crippen LogP contribution in [0.4, 0.5) is 0 Å². The van der Waals surface area contributed by atoms with Gasteiger partial charge in [0, 0.05) is 6.04 Å². The molecule has 0 spiro atoms. The number of hydrogen-bond acceptors (Lipinski definition) is 3. The number of nitrogens with one attached hydrogen (secondary N) is 1. The summed E-state index contributed by atoms with van der Waals surface area (Å²) < 4.78 is 5.27. The van der Waals surface area contributed by atoms with Gasteiger partial charge in [0.15, 0.2) is 0 Å². The summed E-state index contributed by atoms with van der Waals surface area (Å²) >= 11 is 0. The Morgan fingerprint density at radius 2 is 2.10 bits per heavy atom. The van der Waals surface area contributed by atoms with Crippen molar-refractivity contribution in [1.82, 2.24) is 10.2 Å². The molecule has 1 aliphatic rings. The highest BCUT2D eigenvalue weighted by Crippen LogP contribution is 2.33. The van der Waals surface area contributed by atoms with Crippen LogP contribution in [0.5, 0.6) is 5.75 Å². The van der Waals surface area contributed by atoms with Crippen molar-refractivity contribution < 1.29 is 9.53 Å². The topological polar surface area (TPSA) is 41.6 Å². The first kappa shape index (κ1) is 14.9. The van der Waals surface area contributed by atoms with Crippen LogP contribution in [-0.2, 0) is 4.79 Å². The Morgan fingerprint density at radius 3 is 2.70 bits per heavy atom. The van der Waals surface area contributed by atoms with Crippen molar-refractivity contribution in [2.24, 2.45) is 5.41 Å². The van der Waals surface area contributed by atoms with Gasteiger partial charge in [0.05, 0.1) is 13.7 Å². The third kappa shape index (κ3) is 2.80. The molecule has 4 nitrogen and oxygen atoms in total. The summed E-state index contributed by atoms with van der Waals surface area (Å²) in [6, 6.07) is 8.04. The lowest BCUT2D eigenvalue weighted by atomic mass is 9.86. The molecule has 0 bridgehead atoms. The molecule has 1 saturated heterocycles. The standard InChI is InChI=1S/C16H24N2O2/c1-11(16(2,3)4)18-14(19)10-17-15(18)12-7-6-8-13(9-12)20-5/h6-9,11,15,17H,10H2,1-5H3. The fourth-order valence-electron chi connectivity index (χ4n) is 2.46. The Labute approximate surface area is 121 Å².